The van der Waals surface area contributed by atoms with Gasteiger partial charge in [-0.3, -0.25) is 4.79 Å². The summed E-state index contributed by atoms with van der Waals surface area (Å²) >= 11 is 0. The maximum atomic E-state index is 13.1. The van der Waals surface area contributed by atoms with Crippen molar-refractivity contribution in [3.05, 3.63) is 40.8 Å². The zero-order valence-corrected chi connectivity index (χ0v) is 18.3. The molecule has 0 atom stereocenters. The number of ether oxygens (including phenoxy) is 2. The summed E-state index contributed by atoms with van der Waals surface area (Å²) in [6.45, 7) is 8.52. The summed E-state index contributed by atoms with van der Waals surface area (Å²) in [5, 5.41) is 8.27. The summed E-state index contributed by atoms with van der Waals surface area (Å²) in [6.07, 6.45) is 3.75. The lowest BCUT2D eigenvalue weighted by atomic mass is 10.2. The summed E-state index contributed by atoms with van der Waals surface area (Å²) in [6, 6.07) is 1.38. The molecule has 9 nitrogen and oxygen atoms in total. The molecule has 0 saturated heterocycles. The van der Waals surface area contributed by atoms with Crippen LogP contribution in [0.15, 0.2) is 29.7 Å². The molecule has 0 bridgehead atoms. The fourth-order valence-electron chi connectivity index (χ4n) is 3.27. The van der Waals surface area contributed by atoms with Gasteiger partial charge in [0.25, 0.3) is 11.4 Å². The average molecular weight is 436 g/mol. The van der Waals surface area contributed by atoms with Gasteiger partial charge in [-0.1, -0.05) is 6.08 Å². The highest BCUT2D eigenvalue weighted by molar-refractivity contribution is 7.94. The van der Waals surface area contributed by atoms with Crippen molar-refractivity contribution >= 4 is 26.7 Å². The van der Waals surface area contributed by atoms with Gasteiger partial charge in [-0.15, -0.1) is 11.7 Å². The van der Waals surface area contributed by atoms with E-state index in [1.165, 1.54) is 30.0 Å². The number of sulfone groups is 1. The van der Waals surface area contributed by atoms with Crippen LogP contribution in [-0.2, 0) is 21.6 Å². The van der Waals surface area contributed by atoms with E-state index in [0.717, 1.165) is 0 Å². The number of hydrogen-bond donors (Lipinski definition) is 0. The smallest absolute Gasteiger partial charge is 0.343 e. The molecule has 3 rings (SSSR count). The minimum atomic E-state index is -3.56. The van der Waals surface area contributed by atoms with Gasteiger partial charge in [0.2, 0.25) is 0 Å². The van der Waals surface area contributed by atoms with E-state index in [1.54, 1.807) is 20.8 Å². The highest BCUT2D eigenvalue weighted by Crippen LogP contribution is 2.48. The molecule has 2 aromatic rings. The molecular weight excluding hydrogens is 410 g/mol. The largest absolute Gasteiger partial charge is 0.473 e. The highest BCUT2D eigenvalue weighted by Gasteiger charge is 2.59. The van der Waals surface area contributed by atoms with E-state index >= 15 is 0 Å². The number of hydrogen-bond acceptors (Lipinski definition) is 8. The second-order valence-corrected chi connectivity index (χ2v) is 10.8. The monoisotopic (exact) mass is 435 g/mol. The van der Waals surface area contributed by atoms with Gasteiger partial charge in [0.15, 0.2) is 9.84 Å². The van der Waals surface area contributed by atoms with Gasteiger partial charge in [0.05, 0.1) is 17.6 Å². The van der Waals surface area contributed by atoms with Gasteiger partial charge in [-0.2, -0.15) is 5.10 Å². The summed E-state index contributed by atoms with van der Waals surface area (Å²) < 4.78 is 35.9. The molecule has 0 radical (unpaired) electrons. The molecule has 1 fully saturated rings. The number of esters is 1. The standard InChI is InChI=1S/C20H25N3O6S/c1-6-19(3,4)30(26,27)20(8-9-20)12-29-16-15-13(11-21-22-16)10-14(17(24)23(15)5)18(25)28-7-2/h6,10-11H,1,7-9,12H2,2-5H3. The van der Waals surface area contributed by atoms with Crippen molar-refractivity contribution in [1.82, 2.24) is 14.8 Å². The fraction of sp³-hybridized carbons (Fsp3) is 0.500. The maximum Gasteiger partial charge on any atom is 0.343 e. The zero-order chi connectivity index (χ0) is 22.3. The molecule has 30 heavy (non-hydrogen) atoms. The molecular formula is C20H25N3O6S. The summed E-state index contributed by atoms with van der Waals surface area (Å²) in [5.41, 5.74) is -0.376. The molecule has 1 aliphatic carbocycles. The highest BCUT2D eigenvalue weighted by atomic mass is 32.2. The summed E-state index contributed by atoms with van der Waals surface area (Å²) in [7, 11) is -2.09. The van der Waals surface area contributed by atoms with E-state index in [9.17, 15) is 18.0 Å². The minimum absolute atomic E-state index is 0.0281. The predicted molar refractivity (Wildman–Crippen MR) is 111 cm³/mol. The van der Waals surface area contributed by atoms with Gasteiger partial charge in [-0.25, -0.2) is 13.2 Å². The first kappa shape index (κ1) is 21.9. The normalized spacial score (nSPS) is 15.6. The van der Waals surface area contributed by atoms with Gasteiger partial charge >= 0.3 is 5.97 Å². The first-order valence-electron chi connectivity index (χ1n) is 9.54. The Morgan fingerprint density at radius 3 is 2.63 bits per heavy atom. The Labute approximate surface area is 174 Å². The molecule has 0 unspecified atom stereocenters. The van der Waals surface area contributed by atoms with Crippen LogP contribution in [0.2, 0.25) is 0 Å². The Balaban J connectivity index is 1.99. The lowest BCUT2D eigenvalue weighted by Gasteiger charge is -2.27. The van der Waals surface area contributed by atoms with Crippen LogP contribution >= 0.6 is 0 Å². The Morgan fingerprint density at radius 1 is 1.40 bits per heavy atom. The van der Waals surface area contributed by atoms with E-state index in [4.69, 9.17) is 9.47 Å². The van der Waals surface area contributed by atoms with Crippen LogP contribution < -0.4 is 10.3 Å². The first-order valence-corrected chi connectivity index (χ1v) is 11.0. The van der Waals surface area contributed by atoms with Crippen LogP contribution in [0.4, 0.5) is 0 Å². The van der Waals surface area contributed by atoms with Gasteiger partial charge in [-0.05, 0) is 39.7 Å². The van der Waals surface area contributed by atoms with Crippen molar-refractivity contribution in [3.63, 3.8) is 0 Å². The molecule has 0 amide bonds. The van der Waals surface area contributed by atoms with E-state index < -0.39 is 30.9 Å². The van der Waals surface area contributed by atoms with Gasteiger partial charge in [0, 0.05) is 12.4 Å². The Hall–Kier alpha value is -2.75. The molecule has 162 valence electrons. The van der Waals surface area contributed by atoms with Crippen LogP contribution in [-0.4, -0.2) is 51.9 Å². The Morgan fingerprint density at radius 2 is 2.07 bits per heavy atom. The quantitative estimate of drug-likeness (QED) is 0.455. The molecule has 0 spiro atoms. The number of fused-ring (bicyclic) bond motifs is 1. The lowest BCUT2D eigenvalue weighted by molar-refractivity contribution is 0.0524. The number of nitrogens with zero attached hydrogens (tertiary/aromatic N) is 3. The first-order chi connectivity index (χ1) is 14.0. The van der Waals surface area contributed by atoms with Crippen LogP contribution in [0.5, 0.6) is 5.88 Å². The van der Waals surface area contributed by atoms with Crippen molar-refractivity contribution in [2.24, 2.45) is 7.05 Å². The number of rotatable bonds is 8. The number of aromatic nitrogens is 3. The molecule has 0 aromatic carbocycles. The third kappa shape index (κ3) is 3.38. The van der Waals surface area contributed by atoms with Crippen molar-refractivity contribution < 1.29 is 22.7 Å². The van der Waals surface area contributed by atoms with Gasteiger partial charge in [0.1, 0.15) is 22.4 Å². The molecule has 10 heteroatoms. The van der Waals surface area contributed by atoms with Crippen LogP contribution in [0.3, 0.4) is 0 Å². The maximum absolute atomic E-state index is 13.1. The van der Waals surface area contributed by atoms with Crippen LogP contribution in [0.1, 0.15) is 44.0 Å². The molecule has 2 heterocycles. The van der Waals surface area contributed by atoms with E-state index in [-0.39, 0.29) is 24.7 Å². The second kappa shape index (κ2) is 7.50. The number of carbonyl (C=O) groups excluding carboxylic acids is 1. The molecule has 1 aliphatic rings. The summed E-state index contributed by atoms with van der Waals surface area (Å²) in [5.74, 6) is -0.700. The summed E-state index contributed by atoms with van der Waals surface area (Å²) in [4.78, 5) is 24.7. The van der Waals surface area contributed by atoms with Crippen LogP contribution in [0.25, 0.3) is 10.9 Å². The van der Waals surface area contributed by atoms with Crippen molar-refractivity contribution in [1.29, 1.82) is 0 Å². The van der Waals surface area contributed by atoms with E-state index in [1.807, 2.05) is 0 Å². The minimum Gasteiger partial charge on any atom is -0.473 e. The number of pyridine rings is 1. The third-order valence-corrected chi connectivity index (χ3v) is 8.74. The SMILES string of the molecule is C=CC(C)(C)S(=O)(=O)C1(COc2nncc3cc(C(=O)OCC)c(=O)n(C)c23)CC1. The lowest BCUT2D eigenvalue weighted by Crippen LogP contribution is -2.43. The number of aryl methyl sites for hydroxylation is 1. The predicted octanol–water partition coefficient (Wildman–Crippen LogP) is 1.80. The van der Waals surface area contributed by atoms with Crippen molar-refractivity contribution in [2.45, 2.75) is 43.1 Å². The third-order valence-electron chi connectivity index (χ3n) is 5.52. The molecule has 0 aliphatic heterocycles. The second-order valence-electron chi connectivity index (χ2n) is 7.88. The van der Waals surface area contributed by atoms with Gasteiger partial charge < -0.3 is 14.0 Å². The molecule has 2 aromatic heterocycles. The average Bonchev–Trinajstić information content (AvgIpc) is 3.50. The Bertz CT molecular complexity index is 1180. The topological polar surface area (TPSA) is 117 Å². The van der Waals surface area contributed by atoms with E-state index in [0.29, 0.717) is 23.7 Å². The number of carbonyl (C=O) groups is 1. The fourth-order valence-corrected chi connectivity index (χ4v) is 5.46. The Kier molecular flexibility index (Phi) is 5.48. The van der Waals surface area contributed by atoms with Crippen molar-refractivity contribution in [2.75, 3.05) is 13.2 Å². The molecule has 0 N–H and O–H groups in total. The van der Waals surface area contributed by atoms with E-state index in [2.05, 4.69) is 16.8 Å². The van der Waals surface area contributed by atoms with Crippen LogP contribution in [0, 0.1) is 0 Å². The molecule has 1 saturated carbocycles. The zero-order valence-electron chi connectivity index (χ0n) is 17.5. The van der Waals surface area contributed by atoms with Crippen molar-refractivity contribution in [3.8, 4) is 5.88 Å².